The minimum atomic E-state index is -0.691. The molecule has 8 heteroatoms. The van der Waals surface area contributed by atoms with Gasteiger partial charge in [0.05, 0.1) is 23.6 Å². The molecule has 1 aliphatic heterocycles. The van der Waals surface area contributed by atoms with Gasteiger partial charge in [-0.2, -0.15) is 0 Å². The van der Waals surface area contributed by atoms with Crippen molar-refractivity contribution in [1.82, 2.24) is 23.8 Å². The van der Waals surface area contributed by atoms with Crippen LogP contribution in [0.25, 0.3) is 11.4 Å². The summed E-state index contributed by atoms with van der Waals surface area (Å²) in [5.41, 5.74) is 4.70. The van der Waals surface area contributed by atoms with Crippen LogP contribution in [0.1, 0.15) is 47.5 Å². The number of ketones is 1. The van der Waals surface area contributed by atoms with Crippen molar-refractivity contribution in [2.24, 2.45) is 0 Å². The highest BCUT2D eigenvalue weighted by Crippen LogP contribution is 2.40. The molecule has 4 heterocycles. The Morgan fingerprint density at radius 3 is 2.50 bits per heavy atom. The van der Waals surface area contributed by atoms with Gasteiger partial charge in [0.15, 0.2) is 5.76 Å². The first-order chi connectivity index (χ1) is 17.4. The maximum atomic E-state index is 13.4. The summed E-state index contributed by atoms with van der Waals surface area (Å²) in [6.45, 7) is 6.89. The second-order valence-corrected chi connectivity index (χ2v) is 9.17. The number of hydrogen-bond acceptors (Lipinski definition) is 5. The van der Waals surface area contributed by atoms with Crippen molar-refractivity contribution < 1.29 is 14.7 Å². The molecular weight excluding hydrogens is 454 g/mol. The summed E-state index contributed by atoms with van der Waals surface area (Å²) in [6, 6.07) is 11.0. The fourth-order valence-electron chi connectivity index (χ4n) is 4.91. The maximum Gasteiger partial charge on any atom is 0.295 e. The molecule has 1 atom stereocenters. The van der Waals surface area contributed by atoms with Gasteiger partial charge in [-0.25, -0.2) is 9.97 Å². The normalized spacial score (nSPS) is 17.4. The smallest absolute Gasteiger partial charge is 0.295 e. The average Bonchev–Trinajstić information content (AvgIpc) is 3.59. The predicted molar refractivity (Wildman–Crippen MR) is 136 cm³/mol. The van der Waals surface area contributed by atoms with Crippen molar-refractivity contribution in [1.29, 1.82) is 0 Å². The van der Waals surface area contributed by atoms with E-state index in [2.05, 4.69) is 16.9 Å². The average molecular weight is 484 g/mol. The zero-order chi connectivity index (χ0) is 25.4. The van der Waals surface area contributed by atoms with Crippen molar-refractivity contribution in [3.8, 4) is 0 Å². The van der Waals surface area contributed by atoms with Gasteiger partial charge in [0.25, 0.3) is 11.7 Å². The van der Waals surface area contributed by atoms with Crippen molar-refractivity contribution in [2.75, 3.05) is 6.54 Å². The van der Waals surface area contributed by atoms with Crippen LogP contribution in [0, 0.1) is 13.8 Å². The minimum Gasteiger partial charge on any atom is -0.505 e. The Labute approximate surface area is 209 Å². The van der Waals surface area contributed by atoms with Crippen LogP contribution >= 0.6 is 0 Å². The SMILES string of the molecule is CCc1ccc(C2/C(=C(\O)c3nc4c(C)cccn4c3C)C(=O)C(=O)N2CCCn2ccnc2)cc1. The zero-order valence-corrected chi connectivity index (χ0v) is 20.7. The number of rotatable bonds is 7. The molecule has 1 N–H and O–H groups in total. The first-order valence-electron chi connectivity index (χ1n) is 12.2. The molecule has 184 valence electrons. The molecular formula is C28H29N5O3. The van der Waals surface area contributed by atoms with Gasteiger partial charge in [-0.3, -0.25) is 9.59 Å². The largest absolute Gasteiger partial charge is 0.505 e. The topological polar surface area (TPSA) is 92.7 Å². The van der Waals surface area contributed by atoms with Gasteiger partial charge in [0.2, 0.25) is 0 Å². The van der Waals surface area contributed by atoms with Crippen molar-refractivity contribution in [3.05, 3.63) is 95.0 Å². The van der Waals surface area contributed by atoms with E-state index in [4.69, 9.17) is 0 Å². The number of fused-ring (bicyclic) bond motifs is 1. The molecule has 1 saturated heterocycles. The highest BCUT2D eigenvalue weighted by atomic mass is 16.3. The van der Waals surface area contributed by atoms with Gasteiger partial charge in [-0.05, 0) is 49.4 Å². The van der Waals surface area contributed by atoms with E-state index in [0.717, 1.165) is 23.1 Å². The number of carbonyl (C=O) groups is 2. The Hall–Kier alpha value is -4.20. The summed E-state index contributed by atoms with van der Waals surface area (Å²) in [5.74, 6) is -1.53. The van der Waals surface area contributed by atoms with E-state index in [9.17, 15) is 14.7 Å². The number of carbonyl (C=O) groups excluding carboxylic acids is 2. The van der Waals surface area contributed by atoms with Crippen LogP contribution in [0.15, 0.2) is 66.9 Å². The standard InChI is InChI=1S/C28H29N5O3/c1-4-20-8-10-21(11-9-20)24-22(25(34)23-19(3)32-14-5-7-18(2)27(32)30-23)26(35)28(36)33(24)15-6-13-31-16-12-29-17-31/h5,7-12,14,16-17,24,34H,4,6,13,15H2,1-3H3/b25-22+. The Morgan fingerprint density at radius 2 is 1.83 bits per heavy atom. The third-order valence-corrected chi connectivity index (χ3v) is 6.93. The van der Waals surface area contributed by atoms with E-state index in [-0.39, 0.29) is 11.3 Å². The molecule has 1 unspecified atom stereocenters. The zero-order valence-electron chi connectivity index (χ0n) is 20.7. The highest BCUT2D eigenvalue weighted by molar-refractivity contribution is 6.46. The number of pyridine rings is 1. The van der Waals surface area contributed by atoms with Crippen LogP contribution in [0.4, 0.5) is 0 Å². The lowest BCUT2D eigenvalue weighted by molar-refractivity contribution is -0.139. The monoisotopic (exact) mass is 483 g/mol. The molecule has 0 aliphatic carbocycles. The molecule has 5 rings (SSSR count). The van der Waals surface area contributed by atoms with Crippen LogP contribution in [0.5, 0.6) is 0 Å². The number of imidazole rings is 2. The van der Waals surface area contributed by atoms with E-state index in [1.165, 1.54) is 0 Å². The van der Waals surface area contributed by atoms with Crippen LogP contribution in [-0.4, -0.2) is 47.2 Å². The minimum absolute atomic E-state index is 0.0797. The third-order valence-electron chi connectivity index (χ3n) is 6.93. The Kier molecular flexibility index (Phi) is 6.18. The van der Waals surface area contributed by atoms with Gasteiger partial charge in [-0.15, -0.1) is 0 Å². The van der Waals surface area contributed by atoms with Crippen LogP contribution in [-0.2, 0) is 22.6 Å². The Morgan fingerprint density at radius 1 is 1.06 bits per heavy atom. The number of likely N-dealkylation sites (tertiary alicyclic amines) is 1. The van der Waals surface area contributed by atoms with Gasteiger partial charge in [-0.1, -0.05) is 37.3 Å². The number of aliphatic hydroxyl groups excluding tert-OH is 1. The Bertz CT molecular complexity index is 1470. The molecule has 36 heavy (non-hydrogen) atoms. The van der Waals surface area contributed by atoms with Crippen LogP contribution in [0.3, 0.4) is 0 Å². The number of Topliss-reactive ketones (excluding diaryl/α,β-unsaturated/α-hetero) is 1. The van der Waals surface area contributed by atoms with Gasteiger partial charge in [0.1, 0.15) is 11.3 Å². The molecule has 3 aromatic heterocycles. The summed E-state index contributed by atoms with van der Waals surface area (Å²) < 4.78 is 3.82. The van der Waals surface area contributed by atoms with Crippen molar-refractivity contribution >= 4 is 23.1 Å². The molecule has 1 aromatic carbocycles. The van der Waals surface area contributed by atoms with Crippen LogP contribution < -0.4 is 0 Å². The van der Waals surface area contributed by atoms with Gasteiger partial charge >= 0.3 is 0 Å². The summed E-state index contributed by atoms with van der Waals surface area (Å²) in [5, 5.41) is 11.5. The first kappa shape index (κ1) is 23.5. The fraction of sp³-hybridized carbons (Fsp3) is 0.286. The lowest BCUT2D eigenvalue weighted by Crippen LogP contribution is -2.31. The van der Waals surface area contributed by atoms with Crippen molar-refractivity contribution in [3.63, 3.8) is 0 Å². The number of aliphatic hydroxyl groups is 1. The predicted octanol–water partition coefficient (Wildman–Crippen LogP) is 4.22. The van der Waals surface area contributed by atoms with E-state index in [0.29, 0.717) is 36.5 Å². The van der Waals surface area contributed by atoms with Gasteiger partial charge < -0.3 is 19.0 Å². The molecule has 8 nitrogen and oxygen atoms in total. The second kappa shape index (κ2) is 9.45. The first-order valence-corrected chi connectivity index (χ1v) is 12.2. The summed E-state index contributed by atoms with van der Waals surface area (Å²) in [7, 11) is 0. The summed E-state index contributed by atoms with van der Waals surface area (Å²) >= 11 is 0. The quantitative estimate of drug-likeness (QED) is 0.241. The molecule has 1 fully saturated rings. The number of amides is 1. The molecule has 0 radical (unpaired) electrons. The highest BCUT2D eigenvalue weighted by Gasteiger charge is 2.46. The second-order valence-electron chi connectivity index (χ2n) is 9.17. The van der Waals surface area contributed by atoms with E-state index in [1.54, 1.807) is 17.4 Å². The molecule has 0 saturated carbocycles. The van der Waals surface area contributed by atoms with Gasteiger partial charge in [0, 0.05) is 31.7 Å². The summed E-state index contributed by atoms with van der Waals surface area (Å²) in [4.78, 5) is 36.9. The molecule has 1 aliphatic rings. The number of aromatic nitrogens is 4. The maximum absolute atomic E-state index is 13.4. The Balaban J connectivity index is 1.60. The third kappa shape index (κ3) is 3.98. The number of benzene rings is 1. The molecule has 4 aromatic rings. The number of hydrogen-bond donors (Lipinski definition) is 1. The van der Waals surface area contributed by atoms with Crippen molar-refractivity contribution in [2.45, 2.75) is 46.2 Å². The van der Waals surface area contributed by atoms with Crippen LogP contribution in [0.2, 0.25) is 0 Å². The summed E-state index contributed by atoms with van der Waals surface area (Å²) in [6.07, 6.45) is 8.69. The molecule has 0 spiro atoms. The number of aryl methyl sites for hydroxylation is 4. The van der Waals surface area contributed by atoms with E-state index < -0.39 is 17.7 Å². The number of nitrogens with zero attached hydrogens (tertiary/aromatic N) is 5. The van der Waals surface area contributed by atoms with E-state index in [1.807, 2.05) is 71.6 Å². The van der Waals surface area contributed by atoms with E-state index >= 15 is 0 Å². The molecule has 0 bridgehead atoms. The molecule has 1 amide bonds. The fourth-order valence-corrected chi connectivity index (χ4v) is 4.91. The lowest BCUT2D eigenvalue weighted by Gasteiger charge is -2.25. The lowest BCUT2D eigenvalue weighted by atomic mass is 9.95.